The van der Waals surface area contributed by atoms with Crippen LogP contribution in [-0.4, -0.2) is 54.3 Å². The highest BCUT2D eigenvalue weighted by Gasteiger charge is 2.36. The molecule has 0 unspecified atom stereocenters. The summed E-state index contributed by atoms with van der Waals surface area (Å²) in [6, 6.07) is 0. The van der Waals surface area contributed by atoms with Crippen LogP contribution < -0.4 is 0 Å². The van der Waals surface area contributed by atoms with Gasteiger partial charge in [-0.25, -0.2) is 0 Å². The summed E-state index contributed by atoms with van der Waals surface area (Å²) in [4.78, 5) is 10.9. The van der Waals surface area contributed by atoms with E-state index in [1.165, 1.54) is 4.31 Å². The van der Waals surface area contributed by atoms with Crippen LogP contribution in [0.15, 0.2) is 0 Å². The number of carboxylic acid groups (broad SMARTS) is 1. The van der Waals surface area contributed by atoms with Crippen LogP contribution in [-0.2, 0) is 15.0 Å². The van der Waals surface area contributed by atoms with Gasteiger partial charge >= 0.3 is 5.97 Å². The van der Waals surface area contributed by atoms with Gasteiger partial charge in [-0.15, -0.1) is 0 Å². The molecule has 0 bridgehead atoms. The van der Waals surface area contributed by atoms with Gasteiger partial charge in [-0.3, -0.25) is 4.79 Å². The smallest absolute Gasteiger partial charge is 0.306 e. The van der Waals surface area contributed by atoms with Crippen molar-refractivity contribution in [2.75, 3.05) is 26.2 Å². The van der Waals surface area contributed by atoms with Gasteiger partial charge in [-0.1, -0.05) is 13.8 Å². The third-order valence-corrected chi connectivity index (χ3v) is 6.93. The first kappa shape index (κ1) is 16.7. The Balaban J connectivity index is 1.93. The number of nitrogens with zero attached hydrogens (tertiary/aromatic N) is 2. The molecule has 0 spiro atoms. The van der Waals surface area contributed by atoms with E-state index in [0.717, 1.165) is 12.8 Å². The van der Waals surface area contributed by atoms with E-state index in [1.807, 2.05) is 0 Å². The number of carboxylic acids is 1. The predicted molar refractivity (Wildman–Crippen MR) is 80.0 cm³/mol. The summed E-state index contributed by atoms with van der Waals surface area (Å²) in [7, 11) is -3.41. The van der Waals surface area contributed by atoms with Gasteiger partial charge in [-0.05, 0) is 37.5 Å². The van der Waals surface area contributed by atoms with Crippen LogP contribution >= 0.6 is 0 Å². The molecule has 2 rings (SSSR count). The Hall–Kier alpha value is -0.660. The zero-order chi connectivity index (χ0) is 15.6. The number of hydrogen-bond acceptors (Lipinski definition) is 3. The molecule has 0 aromatic rings. The summed E-state index contributed by atoms with van der Waals surface area (Å²) in [5.41, 5.74) is 0. The molecular weight excluding hydrogens is 292 g/mol. The van der Waals surface area contributed by atoms with Crippen LogP contribution in [0.1, 0.15) is 39.5 Å². The van der Waals surface area contributed by atoms with Gasteiger partial charge in [0, 0.05) is 26.2 Å². The molecule has 0 aliphatic carbocycles. The van der Waals surface area contributed by atoms with Crippen molar-refractivity contribution in [1.29, 1.82) is 0 Å². The molecule has 0 saturated carbocycles. The van der Waals surface area contributed by atoms with Gasteiger partial charge < -0.3 is 5.11 Å². The Labute approximate surface area is 127 Å². The Kier molecular flexibility index (Phi) is 5.27. The lowest BCUT2D eigenvalue weighted by molar-refractivity contribution is -0.142. The largest absolute Gasteiger partial charge is 0.481 e. The summed E-state index contributed by atoms with van der Waals surface area (Å²) in [5.74, 6) is -0.0108. The summed E-state index contributed by atoms with van der Waals surface area (Å²) < 4.78 is 28.2. The first-order chi connectivity index (χ1) is 9.82. The molecule has 2 aliphatic rings. The van der Waals surface area contributed by atoms with E-state index in [2.05, 4.69) is 13.8 Å². The van der Waals surface area contributed by atoms with Crippen LogP contribution in [0.5, 0.6) is 0 Å². The second kappa shape index (κ2) is 6.62. The minimum absolute atomic E-state index is 0.323. The van der Waals surface area contributed by atoms with E-state index in [1.54, 1.807) is 4.31 Å². The second-order valence-corrected chi connectivity index (χ2v) is 8.43. The quantitative estimate of drug-likeness (QED) is 0.850. The van der Waals surface area contributed by atoms with Gasteiger partial charge in [0.1, 0.15) is 0 Å². The van der Waals surface area contributed by atoms with Crippen LogP contribution in [0.2, 0.25) is 0 Å². The first-order valence-corrected chi connectivity index (χ1v) is 9.20. The molecule has 21 heavy (non-hydrogen) atoms. The Morgan fingerprint density at radius 2 is 1.43 bits per heavy atom. The maximum Gasteiger partial charge on any atom is 0.306 e. The van der Waals surface area contributed by atoms with Gasteiger partial charge in [0.25, 0.3) is 10.2 Å². The zero-order valence-electron chi connectivity index (χ0n) is 12.9. The average molecular weight is 318 g/mol. The molecule has 6 nitrogen and oxygen atoms in total. The number of aliphatic carboxylic acids is 1. The van der Waals surface area contributed by atoms with E-state index in [4.69, 9.17) is 5.11 Å². The molecule has 2 aliphatic heterocycles. The minimum atomic E-state index is -3.41. The maximum absolute atomic E-state index is 12.6. The molecular formula is C14H26N2O4S. The summed E-state index contributed by atoms with van der Waals surface area (Å²) in [5, 5.41) is 8.98. The molecule has 0 amide bonds. The van der Waals surface area contributed by atoms with Gasteiger partial charge in [0.2, 0.25) is 0 Å². The lowest BCUT2D eigenvalue weighted by atomic mass is 9.87. The Morgan fingerprint density at radius 1 is 1.00 bits per heavy atom. The van der Waals surface area contributed by atoms with Crippen molar-refractivity contribution in [3.05, 3.63) is 0 Å². The summed E-state index contributed by atoms with van der Waals surface area (Å²) in [6.45, 7) is 6.19. The fraction of sp³-hybridized carbons (Fsp3) is 0.929. The molecule has 2 fully saturated rings. The number of piperidine rings is 2. The highest BCUT2D eigenvalue weighted by atomic mass is 32.2. The molecule has 0 aromatic heterocycles. The molecule has 0 atom stereocenters. The van der Waals surface area contributed by atoms with E-state index in [0.29, 0.717) is 50.9 Å². The lowest BCUT2D eigenvalue weighted by Crippen LogP contribution is -2.50. The SMILES string of the molecule is CC(C)C1CCN(S(=O)(=O)N2CCC(C(=O)O)CC2)CC1. The fourth-order valence-electron chi connectivity index (χ4n) is 3.27. The number of carbonyl (C=O) groups is 1. The Bertz CT molecular complexity index is 461. The summed E-state index contributed by atoms with van der Waals surface area (Å²) >= 11 is 0. The van der Waals surface area contributed by atoms with Crippen molar-refractivity contribution in [2.45, 2.75) is 39.5 Å². The topological polar surface area (TPSA) is 77.9 Å². The molecule has 2 saturated heterocycles. The third-order valence-electron chi connectivity index (χ3n) is 4.90. The van der Waals surface area contributed by atoms with Crippen LogP contribution in [0, 0.1) is 17.8 Å². The van der Waals surface area contributed by atoms with Crippen molar-refractivity contribution < 1.29 is 18.3 Å². The van der Waals surface area contributed by atoms with Crippen molar-refractivity contribution in [3.8, 4) is 0 Å². The van der Waals surface area contributed by atoms with E-state index in [9.17, 15) is 13.2 Å². The number of rotatable bonds is 4. The first-order valence-electron chi connectivity index (χ1n) is 7.80. The molecule has 122 valence electrons. The normalized spacial score (nSPS) is 24.5. The molecule has 2 heterocycles. The highest BCUT2D eigenvalue weighted by molar-refractivity contribution is 7.86. The maximum atomic E-state index is 12.6. The fourth-order valence-corrected chi connectivity index (χ4v) is 4.94. The van der Waals surface area contributed by atoms with Crippen LogP contribution in [0.3, 0.4) is 0 Å². The molecule has 0 aromatic carbocycles. The lowest BCUT2D eigenvalue weighted by Gasteiger charge is -2.38. The Morgan fingerprint density at radius 3 is 1.81 bits per heavy atom. The van der Waals surface area contributed by atoms with Crippen molar-refractivity contribution in [2.24, 2.45) is 17.8 Å². The monoisotopic (exact) mass is 318 g/mol. The second-order valence-electron chi connectivity index (χ2n) is 6.50. The molecule has 7 heteroatoms. The molecule has 1 N–H and O–H groups in total. The molecule has 0 radical (unpaired) electrons. The predicted octanol–water partition coefficient (Wildman–Crippen LogP) is 1.40. The third kappa shape index (κ3) is 3.76. The van der Waals surface area contributed by atoms with Crippen LogP contribution in [0.4, 0.5) is 0 Å². The van der Waals surface area contributed by atoms with E-state index < -0.39 is 22.1 Å². The standard InChI is InChI=1S/C14H26N2O4S/c1-11(2)12-3-7-15(8-4-12)21(19,20)16-9-5-13(6-10-16)14(17)18/h11-13H,3-10H2,1-2H3,(H,17,18). The van der Waals surface area contributed by atoms with Crippen molar-refractivity contribution in [3.63, 3.8) is 0 Å². The summed E-state index contributed by atoms with van der Waals surface area (Å²) in [6.07, 6.45) is 2.67. The van der Waals surface area contributed by atoms with Gasteiger partial charge in [-0.2, -0.15) is 17.0 Å². The van der Waals surface area contributed by atoms with Crippen molar-refractivity contribution >= 4 is 16.2 Å². The minimum Gasteiger partial charge on any atom is -0.481 e. The van der Waals surface area contributed by atoms with Gasteiger partial charge in [0.05, 0.1) is 5.92 Å². The highest BCUT2D eigenvalue weighted by Crippen LogP contribution is 2.28. The average Bonchev–Trinajstić information content (AvgIpc) is 2.47. The van der Waals surface area contributed by atoms with E-state index in [-0.39, 0.29) is 0 Å². The van der Waals surface area contributed by atoms with Gasteiger partial charge in [0.15, 0.2) is 0 Å². The number of hydrogen-bond donors (Lipinski definition) is 1. The van der Waals surface area contributed by atoms with E-state index >= 15 is 0 Å². The van der Waals surface area contributed by atoms with Crippen LogP contribution in [0.25, 0.3) is 0 Å². The zero-order valence-corrected chi connectivity index (χ0v) is 13.7. The van der Waals surface area contributed by atoms with Crippen molar-refractivity contribution in [1.82, 2.24) is 8.61 Å².